The van der Waals surface area contributed by atoms with E-state index in [1.165, 1.54) is 0 Å². The number of rotatable bonds is 4. The Hall–Kier alpha value is -1.92. The highest BCUT2D eigenvalue weighted by Gasteiger charge is 2.17. The lowest BCUT2D eigenvalue weighted by Crippen LogP contribution is -2.18. The Labute approximate surface area is 110 Å². The zero-order valence-electron chi connectivity index (χ0n) is 10.5. The number of anilines is 1. The van der Waals surface area contributed by atoms with Gasteiger partial charge in [-0.3, -0.25) is 5.43 Å². The maximum Gasteiger partial charge on any atom is 0.241 e. The molecule has 1 aromatic heterocycles. The van der Waals surface area contributed by atoms with Gasteiger partial charge in [0, 0.05) is 6.61 Å². The number of nitrogens with one attached hydrogen (secondary N) is 1. The van der Waals surface area contributed by atoms with Gasteiger partial charge >= 0.3 is 0 Å². The van der Waals surface area contributed by atoms with E-state index in [1.54, 1.807) is 0 Å². The molecule has 1 aliphatic heterocycles. The maximum absolute atomic E-state index is 5.77. The van der Waals surface area contributed by atoms with E-state index in [-0.39, 0.29) is 6.10 Å². The first kappa shape index (κ1) is 12.1. The number of nitrogen functional groups attached to an aromatic ring is 1. The van der Waals surface area contributed by atoms with E-state index in [9.17, 15) is 0 Å². The molecule has 2 heterocycles. The molecule has 2 aromatic rings. The van der Waals surface area contributed by atoms with E-state index in [0.29, 0.717) is 18.4 Å². The van der Waals surface area contributed by atoms with Crippen LogP contribution in [0.4, 0.5) is 5.95 Å². The SMILES string of the molecule is NNc1nc(OCC2CCCO2)c2ccccc2n1. The fourth-order valence-corrected chi connectivity index (χ4v) is 2.17. The molecule has 0 radical (unpaired) electrons. The van der Waals surface area contributed by atoms with Crippen molar-refractivity contribution in [3.63, 3.8) is 0 Å². The van der Waals surface area contributed by atoms with Crippen LogP contribution >= 0.6 is 0 Å². The number of hydrazine groups is 1. The normalized spacial score (nSPS) is 18.7. The predicted molar refractivity (Wildman–Crippen MR) is 71.8 cm³/mol. The Balaban J connectivity index is 1.87. The van der Waals surface area contributed by atoms with Crippen molar-refractivity contribution < 1.29 is 9.47 Å². The maximum atomic E-state index is 5.77. The van der Waals surface area contributed by atoms with E-state index in [4.69, 9.17) is 15.3 Å². The molecule has 1 unspecified atom stereocenters. The summed E-state index contributed by atoms with van der Waals surface area (Å²) in [5.74, 6) is 6.26. The van der Waals surface area contributed by atoms with Crippen molar-refractivity contribution in [1.82, 2.24) is 9.97 Å². The molecule has 3 rings (SSSR count). The highest BCUT2D eigenvalue weighted by Crippen LogP contribution is 2.24. The van der Waals surface area contributed by atoms with Gasteiger partial charge in [0.05, 0.1) is 17.0 Å². The van der Waals surface area contributed by atoms with Crippen LogP contribution in [0, 0.1) is 0 Å². The van der Waals surface area contributed by atoms with Crippen molar-refractivity contribution in [2.75, 3.05) is 18.6 Å². The minimum atomic E-state index is 0.156. The Morgan fingerprint density at radius 2 is 2.26 bits per heavy atom. The average molecular weight is 260 g/mol. The molecule has 1 aliphatic rings. The number of aromatic nitrogens is 2. The number of hydrogen-bond acceptors (Lipinski definition) is 6. The second-order valence-corrected chi connectivity index (χ2v) is 4.46. The summed E-state index contributed by atoms with van der Waals surface area (Å²) in [6.07, 6.45) is 2.28. The van der Waals surface area contributed by atoms with E-state index in [0.717, 1.165) is 30.4 Å². The van der Waals surface area contributed by atoms with Crippen LogP contribution in [0.5, 0.6) is 5.88 Å². The second-order valence-electron chi connectivity index (χ2n) is 4.46. The third-order valence-corrected chi connectivity index (χ3v) is 3.13. The van der Waals surface area contributed by atoms with Gasteiger partial charge in [0.25, 0.3) is 0 Å². The molecule has 0 saturated carbocycles. The fraction of sp³-hybridized carbons (Fsp3) is 0.385. The van der Waals surface area contributed by atoms with Gasteiger partial charge in [0.2, 0.25) is 11.8 Å². The summed E-state index contributed by atoms with van der Waals surface area (Å²) >= 11 is 0. The zero-order valence-corrected chi connectivity index (χ0v) is 10.5. The van der Waals surface area contributed by atoms with Crippen molar-refractivity contribution in [1.29, 1.82) is 0 Å². The molecule has 6 heteroatoms. The van der Waals surface area contributed by atoms with Gasteiger partial charge in [0.15, 0.2) is 0 Å². The number of nitrogens with zero attached hydrogens (tertiary/aromatic N) is 2. The van der Waals surface area contributed by atoms with Gasteiger partial charge in [-0.1, -0.05) is 12.1 Å². The number of hydrogen-bond donors (Lipinski definition) is 2. The fourth-order valence-electron chi connectivity index (χ4n) is 2.17. The zero-order chi connectivity index (χ0) is 13.1. The van der Waals surface area contributed by atoms with Gasteiger partial charge in [-0.05, 0) is 25.0 Å². The monoisotopic (exact) mass is 260 g/mol. The Kier molecular flexibility index (Phi) is 3.43. The molecular weight excluding hydrogens is 244 g/mol. The molecule has 0 bridgehead atoms. The summed E-state index contributed by atoms with van der Waals surface area (Å²) in [5.41, 5.74) is 3.25. The Bertz CT molecular complexity index is 570. The van der Waals surface area contributed by atoms with E-state index in [2.05, 4.69) is 15.4 Å². The number of nitrogens with two attached hydrogens (primary N) is 1. The van der Waals surface area contributed by atoms with Crippen LogP contribution in [-0.2, 0) is 4.74 Å². The van der Waals surface area contributed by atoms with Crippen LogP contribution in [0.1, 0.15) is 12.8 Å². The van der Waals surface area contributed by atoms with Crippen molar-refractivity contribution in [3.05, 3.63) is 24.3 Å². The lowest BCUT2D eigenvalue weighted by atomic mass is 10.2. The standard InChI is InChI=1S/C13H16N4O2/c14-17-13-15-11-6-2-1-5-10(11)12(16-13)19-8-9-4-3-7-18-9/h1-2,5-6,9H,3-4,7-8,14H2,(H,15,16,17). The smallest absolute Gasteiger partial charge is 0.241 e. The summed E-state index contributed by atoms with van der Waals surface area (Å²) in [5, 5.41) is 0.875. The molecule has 0 amide bonds. The topological polar surface area (TPSA) is 82.3 Å². The molecule has 19 heavy (non-hydrogen) atoms. The van der Waals surface area contributed by atoms with E-state index < -0.39 is 0 Å². The lowest BCUT2D eigenvalue weighted by molar-refractivity contribution is 0.0669. The summed E-state index contributed by atoms with van der Waals surface area (Å²) < 4.78 is 11.3. The van der Waals surface area contributed by atoms with Crippen LogP contribution in [-0.4, -0.2) is 29.3 Å². The minimum Gasteiger partial charge on any atom is -0.474 e. The average Bonchev–Trinajstić information content (AvgIpc) is 2.97. The first-order valence-electron chi connectivity index (χ1n) is 6.34. The number of fused-ring (bicyclic) bond motifs is 1. The first-order chi connectivity index (χ1) is 9.36. The van der Waals surface area contributed by atoms with Crippen molar-refractivity contribution in [2.24, 2.45) is 5.84 Å². The summed E-state index contributed by atoms with van der Waals surface area (Å²) in [6, 6.07) is 7.68. The van der Waals surface area contributed by atoms with Gasteiger partial charge in [-0.2, -0.15) is 4.98 Å². The molecule has 1 atom stereocenters. The summed E-state index contributed by atoms with van der Waals surface area (Å²) in [6.45, 7) is 1.32. The van der Waals surface area contributed by atoms with Crippen LogP contribution < -0.4 is 16.0 Å². The molecule has 100 valence electrons. The van der Waals surface area contributed by atoms with Gasteiger partial charge in [-0.25, -0.2) is 10.8 Å². The number of ether oxygens (including phenoxy) is 2. The largest absolute Gasteiger partial charge is 0.474 e. The summed E-state index contributed by atoms with van der Waals surface area (Å²) in [7, 11) is 0. The Morgan fingerprint density at radius 3 is 3.05 bits per heavy atom. The van der Waals surface area contributed by atoms with Gasteiger partial charge in [0.1, 0.15) is 6.61 Å². The molecule has 1 saturated heterocycles. The van der Waals surface area contributed by atoms with E-state index >= 15 is 0 Å². The molecule has 0 spiro atoms. The third-order valence-electron chi connectivity index (χ3n) is 3.13. The van der Waals surface area contributed by atoms with Gasteiger partial charge < -0.3 is 9.47 Å². The predicted octanol–water partition coefficient (Wildman–Crippen LogP) is 1.47. The highest BCUT2D eigenvalue weighted by atomic mass is 16.5. The third kappa shape index (κ3) is 2.59. The quantitative estimate of drug-likeness (QED) is 0.640. The number of para-hydroxylation sites is 1. The molecule has 6 nitrogen and oxygen atoms in total. The van der Waals surface area contributed by atoms with Crippen LogP contribution in [0.2, 0.25) is 0 Å². The van der Waals surface area contributed by atoms with Crippen molar-refractivity contribution >= 4 is 16.9 Å². The van der Waals surface area contributed by atoms with Crippen LogP contribution in [0.25, 0.3) is 10.9 Å². The Morgan fingerprint density at radius 1 is 1.37 bits per heavy atom. The molecular formula is C13H16N4O2. The minimum absolute atomic E-state index is 0.156. The van der Waals surface area contributed by atoms with Crippen LogP contribution in [0.15, 0.2) is 24.3 Å². The highest BCUT2D eigenvalue weighted by molar-refractivity contribution is 5.84. The molecule has 1 fully saturated rings. The van der Waals surface area contributed by atoms with E-state index in [1.807, 2.05) is 24.3 Å². The first-order valence-corrected chi connectivity index (χ1v) is 6.34. The second kappa shape index (κ2) is 5.38. The van der Waals surface area contributed by atoms with Crippen molar-refractivity contribution in [2.45, 2.75) is 18.9 Å². The van der Waals surface area contributed by atoms with Crippen molar-refractivity contribution in [3.8, 4) is 5.88 Å². The van der Waals surface area contributed by atoms with Crippen LogP contribution in [0.3, 0.4) is 0 Å². The van der Waals surface area contributed by atoms with Gasteiger partial charge in [-0.15, -0.1) is 0 Å². The molecule has 1 aromatic carbocycles. The number of benzene rings is 1. The molecule has 0 aliphatic carbocycles. The lowest BCUT2D eigenvalue weighted by Gasteiger charge is -2.13. The summed E-state index contributed by atoms with van der Waals surface area (Å²) in [4.78, 5) is 8.53. The molecule has 3 N–H and O–H groups in total.